The molecule has 1 fully saturated rings. The molecule has 1 heterocycles. The molecule has 0 radical (unpaired) electrons. The molecule has 1 aliphatic heterocycles. The summed E-state index contributed by atoms with van der Waals surface area (Å²) in [4.78, 5) is 14.0. The number of rotatable bonds is 3. The number of hydrogen-bond donors (Lipinski definition) is 2. The van der Waals surface area contributed by atoms with Crippen molar-refractivity contribution in [3.05, 3.63) is 0 Å². The van der Waals surface area contributed by atoms with E-state index in [-0.39, 0.29) is 24.0 Å². The van der Waals surface area contributed by atoms with Crippen LogP contribution in [0.2, 0.25) is 0 Å². The van der Waals surface area contributed by atoms with E-state index in [1.807, 2.05) is 20.8 Å². The van der Waals surface area contributed by atoms with Gasteiger partial charge >= 0.3 is 0 Å². The number of nitrogens with one attached hydrogen (secondary N) is 1. The van der Waals surface area contributed by atoms with Crippen molar-refractivity contribution >= 4 is 5.91 Å². The third-order valence-electron chi connectivity index (χ3n) is 2.94. The summed E-state index contributed by atoms with van der Waals surface area (Å²) in [6.07, 6.45) is 2.14. The molecule has 0 spiro atoms. The molecule has 4 nitrogen and oxygen atoms in total. The zero-order valence-corrected chi connectivity index (χ0v) is 10.6. The highest BCUT2D eigenvalue weighted by molar-refractivity contribution is 5.81. The molecule has 1 unspecified atom stereocenters. The van der Waals surface area contributed by atoms with E-state index >= 15 is 0 Å². The number of amides is 1. The van der Waals surface area contributed by atoms with E-state index < -0.39 is 0 Å². The van der Waals surface area contributed by atoms with Crippen molar-refractivity contribution in [2.24, 2.45) is 5.41 Å². The molecular weight excluding hydrogens is 204 g/mol. The van der Waals surface area contributed by atoms with Crippen LogP contribution in [-0.4, -0.2) is 48.2 Å². The Morgan fingerprint density at radius 3 is 2.75 bits per heavy atom. The Labute approximate surface area is 98.0 Å². The van der Waals surface area contributed by atoms with Crippen LogP contribution in [0.3, 0.4) is 0 Å². The van der Waals surface area contributed by atoms with E-state index in [2.05, 4.69) is 10.2 Å². The van der Waals surface area contributed by atoms with Crippen molar-refractivity contribution in [3.63, 3.8) is 0 Å². The normalized spacial score (nSPS) is 23.1. The van der Waals surface area contributed by atoms with Crippen LogP contribution in [0.5, 0.6) is 0 Å². The molecule has 1 rings (SSSR count). The molecule has 0 bridgehead atoms. The second kappa shape index (κ2) is 5.64. The Hall–Kier alpha value is -0.610. The van der Waals surface area contributed by atoms with Gasteiger partial charge < -0.3 is 10.4 Å². The molecule has 0 saturated carbocycles. The first kappa shape index (κ1) is 13.5. The smallest absolute Gasteiger partial charge is 0.225 e. The van der Waals surface area contributed by atoms with E-state index in [0.717, 1.165) is 25.9 Å². The predicted octanol–water partition coefficient (Wildman–Crippen LogP) is 0.605. The minimum Gasteiger partial charge on any atom is -0.395 e. The molecule has 0 aromatic carbocycles. The lowest BCUT2D eigenvalue weighted by Gasteiger charge is -2.34. The first-order chi connectivity index (χ1) is 7.43. The van der Waals surface area contributed by atoms with Gasteiger partial charge in [-0.15, -0.1) is 0 Å². The molecule has 0 aromatic heterocycles. The highest BCUT2D eigenvalue weighted by Gasteiger charge is 2.26. The average molecular weight is 228 g/mol. The van der Waals surface area contributed by atoms with Gasteiger partial charge in [0.2, 0.25) is 5.91 Å². The van der Waals surface area contributed by atoms with Crippen molar-refractivity contribution in [3.8, 4) is 0 Å². The zero-order chi connectivity index (χ0) is 12.2. The Morgan fingerprint density at radius 2 is 2.19 bits per heavy atom. The number of β-amino-alcohol motifs (C(OH)–C–C–N with tert-alkyl or cyclic N) is 1. The number of piperidine rings is 1. The van der Waals surface area contributed by atoms with Crippen molar-refractivity contribution in [1.82, 2.24) is 10.2 Å². The van der Waals surface area contributed by atoms with Gasteiger partial charge in [0.15, 0.2) is 0 Å². The van der Waals surface area contributed by atoms with Crippen molar-refractivity contribution in [2.75, 3.05) is 26.2 Å². The quantitative estimate of drug-likeness (QED) is 0.744. The van der Waals surface area contributed by atoms with Crippen LogP contribution in [0.1, 0.15) is 33.6 Å². The van der Waals surface area contributed by atoms with E-state index in [0.29, 0.717) is 6.54 Å². The highest BCUT2D eigenvalue weighted by Crippen LogP contribution is 2.15. The minimum absolute atomic E-state index is 0.114. The Balaban J connectivity index is 2.40. The third kappa shape index (κ3) is 4.10. The Kier molecular flexibility index (Phi) is 4.74. The number of aliphatic hydroxyl groups is 1. The summed E-state index contributed by atoms with van der Waals surface area (Å²) >= 11 is 0. The van der Waals surface area contributed by atoms with Crippen LogP contribution >= 0.6 is 0 Å². The number of carbonyl (C=O) groups excluding carboxylic acids is 1. The molecule has 0 aliphatic carbocycles. The molecule has 16 heavy (non-hydrogen) atoms. The average Bonchev–Trinajstić information content (AvgIpc) is 2.17. The van der Waals surface area contributed by atoms with Crippen LogP contribution < -0.4 is 5.32 Å². The van der Waals surface area contributed by atoms with Crippen LogP contribution in [0, 0.1) is 5.41 Å². The summed E-state index contributed by atoms with van der Waals surface area (Å²) in [7, 11) is 0. The Bertz CT molecular complexity index is 234. The largest absolute Gasteiger partial charge is 0.395 e. The van der Waals surface area contributed by atoms with Gasteiger partial charge in [-0.25, -0.2) is 0 Å². The van der Waals surface area contributed by atoms with Crippen molar-refractivity contribution in [1.29, 1.82) is 0 Å². The molecule has 1 amide bonds. The summed E-state index contributed by atoms with van der Waals surface area (Å²) in [5, 5.41) is 12.0. The first-order valence-electron chi connectivity index (χ1n) is 6.07. The highest BCUT2D eigenvalue weighted by atomic mass is 16.3. The fourth-order valence-corrected chi connectivity index (χ4v) is 1.92. The monoisotopic (exact) mass is 228 g/mol. The second-order valence-electron chi connectivity index (χ2n) is 5.59. The molecule has 2 N–H and O–H groups in total. The molecule has 1 saturated heterocycles. The third-order valence-corrected chi connectivity index (χ3v) is 2.94. The molecule has 1 aliphatic rings. The Morgan fingerprint density at radius 1 is 1.50 bits per heavy atom. The van der Waals surface area contributed by atoms with E-state index in [1.54, 1.807) is 0 Å². The maximum Gasteiger partial charge on any atom is 0.225 e. The van der Waals surface area contributed by atoms with Crippen LogP contribution in [0.25, 0.3) is 0 Å². The lowest BCUT2D eigenvalue weighted by atomic mass is 9.94. The fourth-order valence-electron chi connectivity index (χ4n) is 1.92. The first-order valence-corrected chi connectivity index (χ1v) is 6.07. The molecule has 94 valence electrons. The van der Waals surface area contributed by atoms with Gasteiger partial charge in [-0.1, -0.05) is 20.8 Å². The number of aliphatic hydroxyl groups excluding tert-OH is 1. The van der Waals surface area contributed by atoms with Gasteiger partial charge in [0.05, 0.1) is 6.61 Å². The molecule has 0 aromatic rings. The van der Waals surface area contributed by atoms with Crippen LogP contribution in [0.15, 0.2) is 0 Å². The summed E-state index contributed by atoms with van der Waals surface area (Å²) in [5.41, 5.74) is -0.320. The topological polar surface area (TPSA) is 52.6 Å². The minimum atomic E-state index is -0.320. The maximum absolute atomic E-state index is 11.8. The lowest BCUT2D eigenvalue weighted by Crippen LogP contribution is -2.50. The predicted molar refractivity (Wildman–Crippen MR) is 64.1 cm³/mol. The number of hydrogen-bond acceptors (Lipinski definition) is 3. The van der Waals surface area contributed by atoms with Crippen molar-refractivity contribution < 1.29 is 9.90 Å². The van der Waals surface area contributed by atoms with Gasteiger partial charge in [-0.05, 0) is 19.4 Å². The number of carbonyl (C=O) groups is 1. The van der Waals surface area contributed by atoms with E-state index in [1.165, 1.54) is 0 Å². The zero-order valence-electron chi connectivity index (χ0n) is 10.6. The van der Waals surface area contributed by atoms with Gasteiger partial charge in [-0.2, -0.15) is 0 Å². The molecular formula is C12H24N2O2. The second-order valence-corrected chi connectivity index (χ2v) is 5.59. The fraction of sp³-hybridized carbons (Fsp3) is 0.917. The number of nitrogens with zero attached hydrogens (tertiary/aromatic N) is 1. The standard InChI is InChI=1S/C12H24N2O2/c1-12(2,3)11(16)13-10-5-4-6-14(9-10)7-8-15/h10,15H,4-9H2,1-3H3,(H,13,16). The van der Waals surface area contributed by atoms with E-state index in [9.17, 15) is 4.79 Å². The van der Waals surface area contributed by atoms with Crippen LogP contribution in [0.4, 0.5) is 0 Å². The van der Waals surface area contributed by atoms with Gasteiger partial charge in [-0.3, -0.25) is 9.69 Å². The number of likely N-dealkylation sites (tertiary alicyclic amines) is 1. The van der Waals surface area contributed by atoms with Gasteiger partial charge in [0.1, 0.15) is 0 Å². The van der Waals surface area contributed by atoms with E-state index in [4.69, 9.17) is 5.11 Å². The SMILES string of the molecule is CC(C)(C)C(=O)NC1CCCN(CCO)C1. The molecule has 4 heteroatoms. The van der Waals surface area contributed by atoms with Crippen molar-refractivity contribution in [2.45, 2.75) is 39.7 Å². The molecule has 1 atom stereocenters. The summed E-state index contributed by atoms with van der Waals surface area (Å²) in [5.74, 6) is 0.114. The maximum atomic E-state index is 11.8. The van der Waals surface area contributed by atoms with Crippen LogP contribution in [-0.2, 0) is 4.79 Å². The summed E-state index contributed by atoms with van der Waals surface area (Å²) < 4.78 is 0. The lowest BCUT2D eigenvalue weighted by molar-refractivity contribution is -0.129. The van der Waals surface area contributed by atoms with Gasteiger partial charge in [0.25, 0.3) is 0 Å². The summed E-state index contributed by atoms with van der Waals surface area (Å²) in [6, 6.07) is 0.243. The summed E-state index contributed by atoms with van der Waals surface area (Å²) in [6.45, 7) is 8.58. The van der Waals surface area contributed by atoms with Gasteiger partial charge in [0, 0.05) is 24.5 Å².